The Kier molecular flexibility index (Phi) is 9.97. The molecule has 1 N–H and O–H groups in total. The molecule has 0 aromatic carbocycles. The zero-order chi connectivity index (χ0) is 28.3. The maximum Gasteiger partial charge on any atom is 0.228 e. The van der Waals surface area contributed by atoms with Gasteiger partial charge in [-0.3, -0.25) is 9.48 Å². The minimum atomic E-state index is -0.400. The van der Waals surface area contributed by atoms with Crippen molar-refractivity contribution in [2.24, 2.45) is 22.7 Å². The van der Waals surface area contributed by atoms with E-state index < -0.39 is 5.92 Å². The number of carbonyl (C=O) groups excluding carboxylic acids is 1. The summed E-state index contributed by atoms with van der Waals surface area (Å²) < 4.78 is 7.88. The summed E-state index contributed by atoms with van der Waals surface area (Å²) >= 11 is 0. The van der Waals surface area contributed by atoms with Crippen LogP contribution in [0.15, 0.2) is 24.0 Å². The number of allylic oxidation sites excluding steroid dienone is 2. The van der Waals surface area contributed by atoms with Gasteiger partial charge in [-0.1, -0.05) is 79.9 Å². The largest absolute Gasteiger partial charge is 0.497 e. The van der Waals surface area contributed by atoms with E-state index in [1.807, 2.05) is 0 Å². The average Bonchev–Trinajstić information content (AvgIpc) is 3.37. The summed E-state index contributed by atoms with van der Waals surface area (Å²) in [5, 5.41) is 8.74. The van der Waals surface area contributed by atoms with Crippen LogP contribution in [0.1, 0.15) is 122 Å². The Bertz CT molecular complexity index is 1010. The molecule has 2 aliphatic carbocycles. The lowest BCUT2D eigenvalue weighted by atomic mass is 9.68. The van der Waals surface area contributed by atoms with Crippen molar-refractivity contribution >= 4 is 5.91 Å². The molecule has 2 fully saturated rings. The van der Waals surface area contributed by atoms with Crippen LogP contribution in [0.2, 0.25) is 0 Å². The Hall–Kier alpha value is -2.04. The van der Waals surface area contributed by atoms with Crippen molar-refractivity contribution in [2.45, 2.75) is 132 Å². The van der Waals surface area contributed by atoms with E-state index in [-0.39, 0.29) is 22.8 Å². The molecular formula is C33H55N3O2. The van der Waals surface area contributed by atoms with Crippen LogP contribution < -0.4 is 5.32 Å². The summed E-state index contributed by atoms with van der Waals surface area (Å²) in [4.78, 5) is 14.3. The second kappa shape index (κ2) is 12.4. The van der Waals surface area contributed by atoms with Gasteiger partial charge in [0.15, 0.2) is 0 Å². The maximum absolute atomic E-state index is 14.3. The van der Waals surface area contributed by atoms with E-state index in [2.05, 4.69) is 78.0 Å². The second-order valence-electron chi connectivity index (χ2n) is 13.7. The van der Waals surface area contributed by atoms with Crippen molar-refractivity contribution in [2.75, 3.05) is 7.11 Å². The number of hydrogen-bond donors (Lipinski definition) is 1. The number of hydrogen-bond acceptors (Lipinski definition) is 3. The monoisotopic (exact) mass is 525 g/mol. The molecule has 4 atom stereocenters. The van der Waals surface area contributed by atoms with E-state index >= 15 is 0 Å². The lowest BCUT2D eigenvalue weighted by Gasteiger charge is -2.44. The van der Waals surface area contributed by atoms with Crippen molar-refractivity contribution in [1.29, 1.82) is 0 Å². The summed E-state index contributed by atoms with van der Waals surface area (Å²) in [5.41, 5.74) is 4.37. The first-order chi connectivity index (χ1) is 17.8. The van der Waals surface area contributed by atoms with Gasteiger partial charge in [-0.15, -0.1) is 0 Å². The number of carbonyl (C=O) groups is 1. The minimum absolute atomic E-state index is 0.0546. The van der Waals surface area contributed by atoms with Gasteiger partial charge in [0.2, 0.25) is 5.91 Å². The molecule has 214 valence electrons. The molecule has 2 aliphatic rings. The van der Waals surface area contributed by atoms with Gasteiger partial charge in [-0.2, -0.15) is 5.10 Å². The van der Waals surface area contributed by atoms with Crippen LogP contribution in [-0.4, -0.2) is 28.8 Å². The quantitative estimate of drug-likeness (QED) is 0.248. The normalized spacial score (nSPS) is 24.8. The fourth-order valence-corrected chi connectivity index (χ4v) is 7.38. The average molecular weight is 526 g/mol. The molecule has 1 amide bonds. The summed E-state index contributed by atoms with van der Waals surface area (Å²) in [6.07, 6.45) is 13.2. The second-order valence-corrected chi connectivity index (χ2v) is 13.7. The first kappa shape index (κ1) is 30.5. The highest BCUT2D eigenvalue weighted by atomic mass is 16.5. The number of aromatic nitrogens is 2. The lowest BCUT2D eigenvalue weighted by Crippen LogP contribution is -2.54. The molecule has 3 rings (SSSR count). The van der Waals surface area contributed by atoms with Gasteiger partial charge < -0.3 is 10.1 Å². The maximum atomic E-state index is 14.3. The summed E-state index contributed by atoms with van der Waals surface area (Å²) in [7, 11) is 1.65. The molecule has 0 bridgehead atoms. The van der Waals surface area contributed by atoms with Crippen molar-refractivity contribution in [3.8, 4) is 0 Å². The zero-order valence-electron chi connectivity index (χ0n) is 25.9. The molecule has 1 heterocycles. The molecule has 2 saturated carbocycles. The van der Waals surface area contributed by atoms with E-state index in [0.29, 0.717) is 24.1 Å². The third-order valence-corrected chi connectivity index (χ3v) is 9.42. The Balaban J connectivity index is 1.98. The lowest BCUT2D eigenvalue weighted by molar-refractivity contribution is -0.127. The minimum Gasteiger partial charge on any atom is -0.497 e. The number of amides is 1. The highest BCUT2D eigenvalue weighted by Gasteiger charge is 2.46. The number of ether oxygens (including phenoxy) is 1. The van der Waals surface area contributed by atoms with Gasteiger partial charge in [0.05, 0.1) is 24.8 Å². The zero-order valence-corrected chi connectivity index (χ0v) is 25.9. The summed E-state index contributed by atoms with van der Waals surface area (Å²) in [5.74, 6) is 0.923. The first-order valence-corrected chi connectivity index (χ1v) is 15.1. The number of nitrogens with zero attached hydrogens (tertiary/aromatic N) is 2. The van der Waals surface area contributed by atoms with Crippen LogP contribution >= 0.6 is 0 Å². The van der Waals surface area contributed by atoms with Crippen molar-refractivity contribution in [1.82, 2.24) is 15.1 Å². The van der Waals surface area contributed by atoms with E-state index in [1.54, 1.807) is 7.11 Å². The molecule has 5 heteroatoms. The van der Waals surface area contributed by atoms with Crippen LogP contribution in [0, 0.1) is 36.5 Å². The summed E-state index contributed by atoms with van der Waals surface area (Å²) in [6, 6.07) is 0.550. The fourth-order valence-electron chi connectivity index (χ4n) is 7.38. The van der Waals surface area contributed by atoms with Crippen molar-refractivity contribution in [3.63, 3.8) is 0 Å². The van der Waals surface area contributed by atoms with Gasteiger partial charge >= 0.3 is 0 Å². The Morgan fingerprint density at radius 3 is 2.42 bits per heavy atom. The van der Waals surface area contributed by atoms with Crippen LogP contribution in [-0.2, 0) is 16.0 Å². The predicted octanol–water partition coefficient (Wildman–Crippen LogP) is 8.02. The van der Waals surface area contributed by atoms with E-state index in [0.717, 1.165) is 30.5 Å². The third kappa shape index (κ3) is 6.74. The van der Waals surface area contributed by atoms with Crippen LogP contribution in [0.25, 0.3) is 0 Å². The molecule has 38 heavy (non-hydrogen) atoms. The molecule has 0 spiro atoms. The van der Waals surface area contributed by atoms with Crippen LogP contribution in [0.4, 0.5) is 0 Å². The van der Waals surface area contributed by atoms with Gasteiger partial charge in [0.25, 0.3) is 0 Å². The molecule has 5 nitrogen and oxygen atoms in total. The SMILES string of the molecule is C=C(OC)/C(=C\CC)C(Cc1nn(C2CCCCC2)c(C)c1C)C(=O)NC(C(C)(C)C)C1(C)CCC(C)C1. The Labute approximate surface area is 232 Å². The fraction of sp³-hybridized carbons (Fsp3) is 0.758. The molecule has 0 aliphatic heterocycles. The molecule has 4 unspecified atom stereocenters. The molecule has 1 aromatic rings. The smallest absolute Gasteiger partial charge is 0.228 e. The first-order valence-electron chi connectivity index (χ1n) is 15.1. The van der Waals surface area contributed by atoms with Gasteiger partial charge in [-0.05, 0) is 68.3 Å². The van der Waals surface area contributed by atoms with E-state index in [1.165, 1.54) is 49.8 Å². The highest BCUT2D eigenvalue weighted by Crippen LogP contribution is 2.48. The van der Waals surface area contributed by atoms with Crippen molar-refractivity contribution in [3.05, 3.63) is 40.9 Å². The van der Waals surface area contributed by atoms with E-state index in [4.69, 9.17) is 9.84 Å². The Morgan fingerprint density at radius 1 is 1.24 bits per heavy atom. The number of methoxy groups -OCH3 is 1. The number of rotatable bonds is 10. The molecular weight excluding hydrogens is 470 g/mol. The standard InChI is InChI=1S/C33H55N3O2/c1-11-15-27(25(5)38-10)28(20-29-23(3)24(4)36(35-29)26-16-13-12-14-17-26)30(37)34-31(32(6,7)8)33(9)19-18-22(2)21-33/h15,22,26,28,31H,5,11-14,16-21H2,1-4,6-10H3,(H,34,37)/b27-15+. The van der Waals surface area contributed by atoms with Crippen molar-refractivity contribution < 1.29 is 9.53 Å². The van der Waals surface area contributed by atoms with Gasteiger partial charge in [0.1, 0.15) is 5.76 Å². The topological polar surface area (TPSA) is 56.2 Å². The van der Waals surface area contributed by atoms with E-state index in [9.17, 15) is 4.79 Å². The molecule has 0 radical (unpaired) electrons. The van der Waals surface area contributed by atoms with Crippen LogP contribution in [0.5, 0.6) is 0 Å². The van der Waals surface area contributed by atoms with Gasteiger partial charge in [0, 0.05) is 23.7 Å². The molecule has 1 aromatic heterocycles. The predicted molar refractivity (Wildman–Crippen MR) is 158 cm³/mol. The third-order valence-electron chi connectivity index (χ3n) is 9.42. The molecule has 0 saturated heterocycles. The number of nitrogens with one attached hydrogen (secondary N) is 1. The summed E-state index contributed by atoms with van der Waals surface area (Å²) in [6.45, 7) is 22.1. The van der Waals surface area contributed by atoms with Crippen LogP contribution in [0.3, 0.4) is 0 Å². The van der Waals surface area contributed by atoms with Gasteiger partial charge in [-0.25, -0.2) is 0 Å². The highest BCUT2D eigenvalue weighted by molar-refractivity contribution is 5.83. The Morgan fingerprint density at radius 2 is 1.89 bits per heavy atom.